The molecular formula is C16H24N2O3. The van der Waals surface area contributed by atoms with Crippen LogP contribution in [0, 0.1) is 5.92 Å². The Balaban J connectivity index is 2.38. The molecule has 1 aromatic carbocycles. The van der Waals surface area contributed by atoms with E-state index in [2.05, 4.69) is 10.6 Å². The number of benzene rings is 1. The normalized spacial score (nSPS) is 13.6. The van der Waals surface area contributed by atoms with Gasteiger partial charge in [0.05, 0.1) is 0 Å². The van der Waals surface area contributed by atoms with Crippen molar-refractivity contribution in [3.63, 3.8) is 0 Å². The molecular weight excluding hydrogens is 268 g/mol. The molecule has 0 radical (unpaired) electrons. The molecule has 1 aromatic rings. The standard InChI is InChI=1S/C16H24N2O3/c1-11(2)9-14(19)16(21)18-12(3)15(20)17-10-13-7-5-4-6-8-13/h4-8,11-12,14,19H,9-10H2,1-3H3,(H,17,20)(H,18,21)/t12-,14?/m0/s1. The van der Waals surface area contributed by atoms with E-state index >= 15 is 0 Å². The van der Waals surface area contributed by atoms with E-state index in [9.17, 15) is 14.7 Å². The number of aliphatic hydroxyl groups excluding tert-OH is 1. The zero-order valence-corrected chi connectivity index (χ0v) is 12.8. The minimum absolute atomic E-state index is 0.216. The van der Waals surface area contributed by atoms with Crippen molar-refractivity contribution in [1.82, 2.24) is 10.6 Å². The summed E-state index contributed by atoms with van der Waals surface area (Å²) >= 11 is 0. The first kappa shape index (κ1) is 17.2. The molecule has 116 valence electrons. The third-order valence-corrected chi connectivity index (χ3v) is 3.06. The second-order valence-corrected chi connectivity index (χ2v) is 5.58. The van der Waals surface area contributed by atoms with Gasteiger partial charge < -0.3 is 15.7 Å². The van der Waals surface area contributed by atoms with E-state index < -0.39 is 18.1 Å². The van der Waals surface area contributed by atoms with Crippen LogP contribution in [0.3, 0.4) is 0 Å². The molecule has 0 saturated heterocycles. The molecule has 0 aliphatic rings. The van der Waals surface area contributed by atoms with Gasteiger partial charge in [0, 0.05) is 6.54 Å². The van der Waals surface area contributed by atoms with Gasteiger partial charge in [-0.05, 0) is 24.8 Å². The van der Waals surface area contributed by atoms with Gasteiger partial charge in [-0.3, -0.25) is 9.59 Å². The quantitative estimate of drug-likeness (QED) is 0.707. The molecule has 0 aliphatic carbocycles. The minimum atomic E-state index is -1.07. The number of nitrogens with one attached hydrogen (secondary N) is 2. The van der Waals surface area contributed by atoms with Crippen molar-refractivity contribution in [1.29, 1.82) is 0 Å². The minimum Gasteiger partial charge on any atom is -0.383 e. The average Bonchev–Trinajstić information content (AvgIpc) is 2.44. The molecule has 0 heterocycles. The average molecular weight is 292 g/mol. The Bertz CT molecular complexity index is 460. The van der Waals surface area contributed by atoms with E-state index in [0.29, 0.717) is 13.0 Å². The molecule has 2 amide bonds. The number of hydrogen-bond acceptors (Lipinski definition) is 3. The Kier molecular flexibility index (Phi) is 6.88. The third kappa shape index (κ3) is 6.40. The lowest BCUT2D eigenvalue weighted by Gasteiger charge is -2.17. The number of hydrogen-bond donors (Lipinski definition) is 3. The summed E-state index contributed by atoms with van der Waals surface area (Å²) in [6.45, 7) is 5.85. The molecule has 2 atom stereocenters. The van der Waals surface area contributed by atoms with Gasteiger partial charge in [0.25, 0.3) is 0 Å². The molecule has 21 heavy (non-hydrogen) atoms. The molecule has 0 fully saturated rings. The fraction of sp³-hybridized carbons (Fsp3) is 0.500. The fourth-order valence-electron chi connectivity index (χ4n) is 1.87. The van der Waals surface area contributed by atoms with Crippen molar-refractivity contribution in [2.24, 2.45) is 5.92 Å². The first-order valence-electron chi connectivity index (χ1n) is 7.20. The van der Waals surface area contributed by atoms with Gasteiger partial charge in [-0.1, -0.05) is 44.2 Å². The maximum atomic E-state index is 11.9. The topological polar surface area (TPSA) is 78.4 Å². The lowest BCUT2D eigenvalue weighted by Crippen LogP contribution is -2.48. The van der Waals surface area contributed by atoms with Gasteiger partial charge in [-0.25, -0.2) is 0 Å². The maximum absolute atomic E-state index is 11.9. The molecule has 3 N–H and O–H groups in total. The molecule has 0 aliphatic heterocycles. The summed E-state index contributed by atoms with van der Waals surface area (Å²) in [7, 11) is 0. The van der Waals surface area contributed by atoms with Crippen molar-refractivity contribution >= 4 is 11.8 Å². The Morgan fingerprint density at radius 2 is 1.71 bits per heavy atom. The van der Waals surface area contributed by atoms with Crippen LogP contribution in [0.4, 0.5) is 0 Å². The van der Waals surface area contributed by atoms with Gasteiger partial charge in [-0.2, -0.15) is 0 Å². The van der Waals surface area contributed by atoms with Crippen LogP contribution in [0.5, 0.6) is 0 Å². The number of carbonyl (C=O) groups is 2. The van der Waals surface area contributed by atoms with Crippen LogP contribution < -0.4 is 10.6 Å². The highest BCUT2D eigenvalue weighted by atomic mass is 16.3. The van der Waals surface area contributed by atoms with Gasteiger partial charge in [0.15, 0.2) is 0 Å². The SMILES string of the molecule is CC(C)CC(O)C(=O)N[C@@H](C)C(=O)NCc1ccccc1. The van der Waals surface area contributed by atoms with Crippen molar-refractivity contribution < 1.29 is 14.7 Å². The van der Waals surface area contributed by atoms with E-state index in [0.717, 1.165) is 5.56 Å². The van der Waals surface area contributed by atoms with Crippen molar-refractivity contribution in [2.75, 3.05) is 0 Å². The van der Waals surface area contributed by atoms with Crippen LogP contribution in [0.2, 0.25) is 0 Å². The van der Waals surface area contributed by atoms with E-state index in [1.807, 2.05) is 44.2 Å². The zero-order chi connectivity index (χ0) is 15.8. The second kappa shape index (κ2) is 8.42. The van der Waals surface area contributed by atoms with E-state index in [1.54, 1.807) is 6.92 Å². The Morgan fingerprint density at radius 1 is 1.10 bits per heavy atom. The smallest absolute Gasteiger partial charge is 0.249 e. The van der Waals surface area contributed by atoms with Crippen LogP contribution in [0.1, 0.15) is 32.8 Å². The first-order chi connectivity index (χ1) is 9.90. The third-order valence-electron chi connectivity index (χ3n) is 3.06. The Labute approximate surface area is 125 Å². The van der Waals surface area contributed by atoms with E-state index in [-0.39, 0.29) is 11.8 Å². The maximum Gasteiger partial charge on any atom is 0.249 e. The van der Waals surface area contributed by atoms with Crippen molar-refractivity contribution in [2.45, 2.75) is 45.9 Å². The Hall–Kier alpha value is -1.88. The van der Waals surface area contributed by atoms with Crippen LogP contribution >= 0.6 is 0 Å². The second-order valence-electron chi connectivity index (χ2n) is 5.58. The molecule has 1 rings (SSSR count). The number of amides is 2. The monoisotopic (exact) mass is 292 g/mol. The summed E-state index contributed by atoms with van der Waals surface area (Å²) in [6.07, 6.45) is -0.695. The molecule has 0 saturated carbocycles. The van der Waals surface area contributed by atoms with Gasteiger partial charge >= 0.3 is 0 Å². The van der Waals surface area contributed by atoms with Crippen molar-refractivity contribution in [3.05, 3.63) is 35.9 Å². The van der Waals surface area contributed by atoms with Crippen LogP contribution in [0.25, 0.3) is 0 Å². The van der Waals surface area contributed by atoms with E-state index in [4.69, 9.17) is 0 Å². The molecule has 1 unspecified atom stereocenters. The summed E-state index contributed by atoms with van der Waals surface area (Å²) in [5, 5.41) is 15.0. The largest absolute Gasteiger partial charge is 0.383 e. The highest BCUT2D eigenvalue weighted by Crippen LogP contribution is 2.04. The predicted octanol–water partition coefficient (Wildman–Crippen LogP) is 1.21. The van der Waals surface area contributed by atoms with Crippen LogP contribution in [-0.2, 0) is 16.1 Å². The molecule has 0 bridgehead atoms. The molecule has 0 spiro atoms. The molecule has 5 nitrogen and oxygen atoms in total. The summed E-state index contributed by atoms with van der Waals surface area (Å²) in [5.41, 5.74) is 0.990. The highest BCUT2D eigenvalue weighted by molar-refractivity contribution is 5.88. The number of carbonyl (C=O) groups excluding carboxylic acids is 2. The van der Waals surface area contributed by atoms with Gasteiger partial charge in [0.2, 0.25) is 11.8 Å². The summed E-state index contributed by atoms with van der Waals surface area (Å²) in [5.74, 6) is -0.567. The van der Waals surface area contributed by atoms with Crippen LogP contribution in [-0.4, -0.2) is 29.1 Å². The molecule has 0 aromatic heterocycles. The summed E-state index contributed by atoms with van der Waals surface area (Å²) in [4.78, 5) is 23.6. The number of rotatable bonds is 7. The van der Waals surface area contributed by atoms with E-state index in [1.165, 1.54) is 0 Å². The summed E-state index contributed by atoms with van der Waals surface area (Å²) in [6, 6.07) is 8.85. The van der Waals surface area contributed by atoms with Crippen molar-refractivity contribution in [3.8, 4) is 0 Å². The molecule has 5 heteroatoms. The Morgan fingerprint density at radius 3 is 2.29 bits per heavy atom. The van der Waals surface area contributed by atoms with Gasteiger partial charge in [0.1, 0.15) is 12.1 Å². The summed E-state index contributed by atoms with van der Waals surface area (Å²) < 4.78 is 0. The fourth-order valence-corrected chi connectivity index (χ4v) is 1.87. The highest BCUT2D eigenvalue weighted by Gasteiger charge is 2.21. The lowest BCUT2D eigenvalue weighted by molar-refractivity contribution is -0.134. The van der Waals surface area contributed by atoms with Gasteiger partial charge in [-0.15, -0.1) is 0 Å². The van der Waals surface area contributed by atoms with Crippen LogP contribution in [0.15, 0.2) is 30.3 Å². The predicted molar refractivity (Wildman–Crippen MR) is 81.4 cm³/mol. The zero-order valence-electron chi connectivity index (χ0n) is 12.8. The lowest BCUT2D eigenvalue weighted by atomic mass is 10.1. The number of aliphatic hydroxyl groups is 1. The first-order valence-corrected chi connectivity index (χ1v) is 7.20.